The SMILES string of the molecule is [CH2]Oc1cccc2cc(O)ccc12. The van der Waals surface area contributed by atoms with Crippen LogP contribution in [-0.4, -0.2) is 5.11 Å². The van der Waals surface area contributed by atoms with Crippen molar-refractivity contribution in [2.45, 2.75) is 0 Å². The topological polar surface area (TPSA) is 29.5 Å². The van der Waals surface area contributed by atoms with Crippen LogP contribution >= 0.6 is 0 Å². The highest BCUT2D eigenvalue weighted by Crippen LogP contribution is 2.27. The predicted octanol–water partition coefficient (Wildman–Crippen LogP) is 2.72. The first kappa shape index (κ1) is 7.92. The van der Waals surface area contributed by atoms with Crippen LogP contribution in [-0.2, 0) is 0 Å². The van der Waals surface area contributed by atoms with E-state index in [4.69, 9.17) is 4.74 Å². The molecule has 0 spiro atoms. The second-order valence-corrected chi connectivity index (χ2v) is 2.81. The fourth-order valence-corrected chi connectivity index (χ4v) is 1.37. The molecule has 2 aromatic carbocycles. The van der Waals surface area contributed by atoms with E-state index >= 15 is 0 Å². The summed E-state index contributed by atoms with van der Waals surface area (Å²) in [6.07, 6.45) is 0. The average molecular weight is 173 g/mol. The first-order valence-corrected chi connectivity index (χ1v) is 3.95. The summed E-state index contributed by atoms with van der Waals surface area (Å²) in [6.45, 7) is 0. The van der Waals surface area contributed by atoms with Gasteiger partial charge in [0.1, 0.15) is 18.6 Å². The van der Waals surface area contributed by atoms with Gasteiger partial charge in [-0.2, -0.15) is 0 Å². The maximum absolute atomic E-state index is 9.24. The number of fused-ring (bicyclic) bond motifs is 1. The summed E-state index contributed by atoms with van der Waals surface area (Å²) in [7, 11) is 3.37. The number of phenolic OH excluding ortho intramolecular Hbond substituents is 1. The summed E-state index contributed by atoms with van der Waals surface area (Å²) < 4.78 is 4.94. The van der Waals surface area contributed by atoms with Crippen LogP contribution in [0.4, 0.5) is 0 Å². The number of ether oxygens (including phenoxy) is 1. The van der Waals surface area contributed by atoms with E-state index in [1.807, 2.05) is 24.3 Å². The lowest BCUT2D eigenvalue weighted by Crippen LogP contribution is -1.81. The molecule has 0 bridgehead atoms. The highest BCUT2D eigenvalue weighted by molar-refractivity contribution is 5.89. The first-order chi connectivity index (χ1) is 6.31. The van der Waals surface area contributed by atoms with Gasteiger partial charge in [0.25, 0.3) is 0 Å². The van der Waals surface area contributed by atoms with Gasteiger partial charge in [0, 0.05) is 5.39 Å². The molecule has 2 nitrogen and oxygen atoms in total. The number of benzene rings is 2. The minimum atomic E-state index is 0.258. The molecule has 1 N–H and O–H groups in total. The van der Waals surface area contributed by atoms with Gasteiger partial charge in [-0.1, -0.05) is 12.1 Å². The van der Waals surface area contributed by atoms with E-state index in [0.29, 0.717) is 0 Å². The van der Waals surface area contributed by atoms with E-state index in [1.165, 1.54) is 0 Å². The van der Waals surface area contributed by atoms with Gasteiger partial charge in [-0.3, -0.25) is 0 Å². The van der Waals surface area contributed by atoms with Crippen LogP contribution in [0.25, 0.3) is 10.8 Å². The summed E-state index contributed by atoms with van der Waals surface area (Å²) in [5.74, 6) is 0.978. The Balaban J connectivity index is 2.77. The summed E-state index contributed by atoms with van der Waals surface area (Å²) in [5.41, 5.74) is 0. The van der Waals surface area contributed by atoms with Gasteiger partial charge in [-0.05, 0) is 29.7 Å². The molecule has 2 aromatic rings. The molecule has 0 aromatic heterocycles. The van der Waals surface area contributed by atoms with Crippen LogP contribution in [0.15, 0.2) is 36.4 Å². The molecule has 0 unspecified atom stereocenters. The third-order valence-corrected chi connectivity index (χ3v) is 1.98. The minimum Gasteiger partial charge on any atom is -0.508 e. The molecular formula is C11H9O2. The van der Waals surface area contributed by atoms with Crippen LogP contribution in [0.2, 0.25) is 0 Å². The molecule has 0 amide bonds. The summed E-state index contributed by atoms with van der Waals surface area (Å²) >= 11 is 0. The van der Waals surface area contributed by atoms with Crippen LogP contribution in [0, 0.1) is 7.11 Å². The Morgan fingerprint density at radius 3 is 2.77 bits per heavy atom. The van der Waals surface area contributed by atoms with Gasteiger partial charge in [0.2, 0.25) is 0 Å². The van der Waals surface area contributed by atoms with Gasteiger partial charge < -0.3 is 9.84 Å². The van der Waals surface area contributed by atoms with E-state index in [1.54, 1.807) is 12.1 Å². The number of hydrogen-bond acceptors (Lipinski definition) is 2. The lowest BCUT2D eigenvalue weighted by atomic mass is 10.1. The smallest absolute Gasteiger partial charge is 0.127 e. The molecule has 0 aliphatic rings. The van der Waals surface area contributed by atoms with Crippen LogP contribution in [0.3, 0.4) is 0 Å². The fourth-order valence-electron chi connectivity index (χ4n) is 1.37. The van der Waals surface area contributed by atoms with Crippen molar-refractivity contribution in [1.82, 2.24) is 0 Å². The highest BCUT2D eigenvalue weighted by atomic mass is 16.5. The zero-order valence-electron chi connectivity index (χ0n) is 7.03. The number of hydrogen-bond donors (Lipinski definition) is 1. The van der Waals surface area contributed by atoms with E-state index in [2.05, 4.69) is 7.11 Å². The maximum Gasteiger partial charge on any atom is 0.127 e. The van der Waals surface area contributed by atoms with Crippen molar-refractivity contribution in [3.63, 3.8) is 0 Å². The first-order valence-electron chi connectivity index (χ1n) is 3.95. The predicted molar refractivity (Wildman–Crippen MR) is 51.6 cm³/mol. The standard InChI is InChI=1S/C11H9O2/c1-13-11-4-2-3-8-7-9(12)5-6-10(8)11/h2-7,12H,1H2. The Kier molecular flexibility index (Phi) is 1.81. The Morgan fingerprint density at radius 1 is 1.15 bits per heavy atom. The third kappa shape index (κ3) is 1.31. The molecule has 65 valence electrons. The zero-order valence-corrected chi connectivity index (χ0v) is 7.03. The summed E-state index contributed by atoms with van der Waals surface area (Å²) in [4.78, 5) is 0. The molecule has 1 radical (unpaired) electrons. The second kappa shape index (κ2) is 2.98. The Bertz CT molecular complexity index is 435. The lowest BCUT2D eigenvalue weighted by Gasteiger charge is -2.04. The molecule has 0 heterocycles. The van der Waals surface area contributed by atoms with Crippen molar-refractivity contribution in [3.8, 4) is 11.5 Å². The zero-order chi connectivity index (χ0) is 9.26. The van der Waals surface area contributed by atoms with Crippen molar-refractivity contribution in [2.75, 3.05) is 0 Å². The summed E-state index contributed by atoms with van der Waals surface area (Å²) in [5, 5.41) is 11.1. The lowest BCUT2D eigenvalue weighted by molar-refractivity contribution is 0.474. The molecule has 0 aliphatic carbocycles. The highest BCUT2D eigenvalue weighted by Gasteiger charge is 2.00. The maximum atomic E-state index is 9.24. The van der Waals surface area contributed by atoms with E-state index in [0.717, 1.165) is 16.5 Å². The van der Waals surface area contributed by atoms with Gasteiger partial charge >= 0.3 is 0 Å². The van der Waals surface area contributed by atoms with Crippen molar-refractivity contribution in [1.29, 1.82) is 0 Å². The second-order valence-electron chi connectivity index (χ2n) is 2.81. The van der Waals surface area contributed by atoms with Crippen molar-refractivity contribution >= 4 is 10.8 Å². The molecule has 2 heteroatoms. The monoisotopic (exact) mass is 173 g/mol. The van der Waals surface area contributed by atoms with Crippen molar-refractivity contribution in [3.05, 3.63) is 43.5 Å². The molecule has 0 aliphatic heterocycles. The Hall–Kier alpha value is -1.70. The molecule has 0 saturated heterocycles. The average Bonchev–Trinajstić information content (AvgIpc) is 2.16. The van der Waals surface area contributed by atoms with Crippen LogP contribution < -0.4 is 4.74 Å². The van der Waals surface area contributed by atoms with E-state index in [-0.39, 0.29) is 5.75 Å². The van der Waals surface area contributed by atoms with Crippen LogP contribution in [0.1, 0.15) is 0 Å². The normalized spacial score (nSPS) is 10.2. The number of phenols is 1. The van der Waals surface area contributed by atoms with Crippen molar-refractivity contribution in [2.24, 2.45) is 0 Å². The number of aromatic hydroxyl groups is 1. The Morgan fingerprint density at radius 2 is 2.00 bits per heavy atom. The quantitative estimate of drug-likeness (QED) is 0.718. The van der Waals surface area contributed by atoms with Gasteiger partial charge in [-0.15, -0.1) is 0 Å². The number of rotatable bonds is 1. The third-order valence-electron chi connectivity index (χ3n) is 1.98. The van der Waals surface area contributed by atoms with Gasteiger partial charge in [-0.25, -0.2) is 0 Å². The van der Waals surface area contributed by atoms with Gasteiger partial charge in [0.05, 0.1) is 0 Å². The summed E-state index contributed by atoms with van der Waals surface area (Å²) in [6, 6.07) is 10.8. The molecule has 13 heavy (non-hydrogen) atoms. The van der Waals surface area contributed by atoms with Crippen molar-refractivity contribution < 1.29 is 9.84 Å². The molecule has 0 saturated carbocycles. The fraction of sp³-hybridized carbons (Fsp3) is 0. The molecule has 2 rings (SSSR count). The molecule has 0 atom stereocenters. The molecule has 0 fully saturated rings. The minimum absolute atomic E-state index is 0.258. The molecular weight excluding hydrogens is 164 g/mol. The van der Waals surface area contributed by atoms with Gasteiger partial charge in [0.15, 0.2) is 0 Å². The largest absolute Gasteiger partial charge is 0.508 e. The van der Waals surface area contributed by atoms with Crippen LogP contribution in [0.5, 0.6) is 11.5 Å². The van der Waals surface area contributed by atoms with E-state index in [9.17, 15) is 5.11 Å². The van der Waals surface area contributed by atoms with E-state index < -0.39 is 0 Å². The Labute approximate surface area is 76.4 Å².